The van der Waals surface area contributed by atoms with Crippen LogP contribution in [0.2, 0.25) is 0 Å². The summed E-state index contributed by atoms with van der Waals surface area (Å²) in [6, 6.07) is 8.09. The Morgan fingerprint density at radius 2 is 1.86 bits per heavy atom. The second-order valence-electron chi connectivity index (χ2n) is 7.45. The average molecular weight is 303 g/mol. The quantitative estimate of drug-likeness (QED) is 0.800. The number of ether oxygens (including phenoxy) is 1. The maximum Gasteiger partial charge on any atom is 0.494 e. The van der Waals surface area contributed by atoms with Crippen LogP contribution in [0.25, 0.3) is 0 Å². The van der Waals surface area contributed by atoms with Gasteiger partial charge in [0.25, 0.3) is 0 Å². The van der Waals surface area contributed by atoms with Crippen LogP contribution >= 0.6 is 0 Å². The molecule has 2 aliphatic rings. The lowest BCUT2D eigenvalue weighted by Crippen LogP contribution is -2.41. The first-order valence-electron chi connectivity index (χ1n) is 8.08. The Hall–Kier alpha value is -1.04. The van der Waals surface area contributed by atoms with Gasteiger partial charge in [0, 0.05) is 13.1 Å². The largest absolute Gasteiger partial charge is 0.494 e. The zero-order valence-electron chi connectivity index (χ0n) is 14.3. The fourth-order valence-electron chi connectivity index (χ4n) is 2.90. The highest BCUT2D eigenvalue weighted by Gasteiger charge is 2.51. The first kappa shape index (κ1) is 15.8. The van der Waals surface area contributed by atoms with Crippen LogP contribution in [-0.4, -0.2) is 49.5 Å². The summed E-state index contributed by atoms with van der Waals surface area (Å²) >= 11 is 0. The summed E-state index contributed by atoms with van der Waals surface area (Å²) in [5.41, 5.74) is 0.383. The van der Waals surface area contributed by atoms with E-state index in [2.05, 4.69) is 39.6 Å². The van der Waals surface area contributed by atoms with E-state index in [4.69, 9.17) is 14.0 Å². The van der Waals surface area contributed by atoms with Gasteiger partial charge in [-0.1, -0.05) is 12.1 Å². The van der Waals surface area contributed by atoms with Crippen molar-refractivity contribution in [3.05, 3.63) is 24.3 Å². The molecule has 1 aromatic carbocycles. The van der Waals surface area contributed by atoms with Crippen LogP contribution in [0.15, 0.2) is 24.3 Å². The molecular weight excluding hydrogens is 277 g/mol. The van der Waals surface area contributed by atoms with Crippen LogP contribution in [0.5, 0.6) is 5.75 Å². The predicted octanol–water partition coefficient (Wildman–Crippen LogP) is 2.07. The minimum Gasteiger partial charge on any atom is -0.489 e. The number of hydrogen-bond acceptors (Lipinski definition) is 4. The minimum atomic E-state index is -0.334. The molecule has 0 saturated carbocycles. The molecular formula is C17H26BNO3. The molecule has 0 spiro atoms. The zero-order valence-corrected chi connectivity index (χ0v) is 14.3. The summed E-state index contributed by atoms with van der Waals surface area (Å²) < 4.78 is 18.3. The van der Waals surface area contributed by atoms with Crippen LogP contribution in [0.1, 0.15) is 34.1 Å². The third kappa shape index (κ3) is 3.03. The summed E-state index contributed by atoms with van der Waals surface area (Å²) in [5.74, 6) is 0.896. The average Bonchev–Trinajstić information content (AvgIpc) is 2.91. The van der Waals surface area contributed by atoms with E-state index in [0.717, 1.165) is 30.7 Å². The van der Waals surface area contributed by atoms with Gasteiger partial charge < -0.3 is 18.9 Å². The van der Waals surface area contributed by atoms with Crippen molar-refractivity contribution >= 4 is 12.6 Å². The monoisotopic (exact) mass is 303 g/mol. The Morgan fingerprint density at radius 3 is 2.45 bits per heavy atom. The summed E-state index contributed by atoms with van der Waals surface area (Å²) in [7, 11) is 1.80. The van der Waals surface area contributed by atoms with Crippen molar-refractivity contribution in [3.8, 4) is 5.75 Å². The van der Waals surface area contributed by atoms with E-state index in [1.807, 2.05) is 24.3 Å². The van der Waals surface area contributed by atoms with E-state index in [1.54, 1.807) is 0 Å². The smallest absolute Gasteiger partial charge is 0.489 e. The van der Waals surface area contributed by atoms with Crippen LogP contribution in [0.3, 0.4) is 0 Å². The number of benzene rings is 1. The predicted molar refractivity (Wildman–Crippen MR) is 88.7 cm³/mol. The number of likely N-dealkylation sites (N-methyl/N-ethyl adjacent to an activating group) is 1. The van der Waals surface area contributed by atoms with Gasteiger partial charge in [-0.2, -0.15) is 0 Å². The molecule has 22 heavy (non-hydrogen) atoms. The Bertz CT molecular complexity index is 530. The third-order valence-corrected chi connectivity index (χ3v) is 5.03. The molecule has 2 aliphatic heterocycles. The van der Waals surface area contributed by atoms with Gasteiger partial charge in [0.05, 0.1) is 11.2 Å². The Balaban J connectivity index is 1.72. The third-order valence-electron chi connectivity index (χ3n) is 5.03. The van der Waals surface area contributed by atoms with Crippen molar-refractivity contribution in [2.24, 2.45) is 0 Å². The highest BCUT2D eigenvalue weighted by Crippen LogP contribution is 2.36. The molecule has 0 amide bonds. The number of likely N-dealkylation sites (tertiary alicyclic amines) is 1. The summed E-state index contributed by atoms with van der Waals surface area (Å²) in [5, 5.41) is 0. The molecule has 120 valence electrons. The standard InChI is InChI=1S/C17H26BNO3/c1-16(2)17(3,4)22-18(21-16)13-7-6-8-14(11-13)20-15-9-10-19(5)12-15/h6-8,11,15H,9-10,12H2,1-5H3. The normalized spacial score (nSPS) is 27.3. The molecule has 1 atom stereocenters. The first-order chi connectivity index (χ1) is 10.3. The van der Waals surface area contributed by atoms with Gasteiger partial charge in [-0.25, -0.2) is 0 Å². The maximum atomic E-state index is 6.11. The van der Waals surface area contributed by atoms with E-state index in [1.165, 1.54) is 0 Å². The van der Waals surface area contributed by atoms with Crippen LogP contribution in [0.4, 0.5) is 0 Å². The van der Waals surface area contributed by atoms with Crippen LogP contribution in [0, 0.1) is 0 Å². The second-order valence-corrected chi connectivity index (χ2v) is 7.45. The van der Waals surface area contributed by atoms with Crippen molar-refractivity contribution in [3.63, 3.8) is 0 Å². The molecule has 3 rings (SSSR count). The molecule has 1 aromatic rings. The Morgan fingerprint density at radius 1 is 1.18 bits per heavy atom. The molecule has 1 unspecified atom stereocenters. The van der Waals surface area contributed by atoms with Crippen LogP contribution < -0.4 is 10.2 Å². The van der Waals surface area contributed by atoms with Gasteiger partial charge >= 0.3 is 7.12 Å². The summed E-state index contributed by atoms with van der Waals surface area (Å²) in [6.45, 7) is 10.4. The Kier molecular flexibility index (Phi) is 4.00. The van der Waals surface area contributed by atoms with Crippen molar-refractivity contribution in [1.29, 1.82) is 0 Å². The molecule has 0 aromatic heterocycles. The summed E-state index contributed by atoms with van der Waals surface area (Å²) in [4.78, 5) is 2.29. The topological polar surface area (TPSA) is 30.9 Å². The van der Waals surface area contributed by atoms with E-state index >= 15 is 0 Å². The maximum absolute atomic E-state index is 6.11. The van der Waals surface area contributed by atoms with E-state index in [9.17, 15) is 0 Å². The Labute approximate surface area is 133 Å². The molecule has 5 heteroatoms. The fraction of sp³-hybridized carbons (Fsp3) is 0.647. The SMILES string of the molecule is CN1CCC(Oc2cccc(B3OC(C)(C)C(C)(C)O3)c2)C1. The minimum absolute atomic E-state index is 0.276. The van der Waals surface area contributed by atoms with Gasteiger partial charge in [0.15, 0.2) is 0 Å². The van der Waals surface area contributed by atoms with Crippen molar-refractivity contribution in [2.45, 2.75) is 51.4 Å². The lowest BCUT2D eigenvalue weighted by Gasteiger charge is -2.32. The number of hydrogen-bond donors (Lipinski definition) is 0. The van der Waals surface area contributed by atoms with Crippen molar-refractivity contribution in [2.75, 3.05) is 20.1 Å². The van der Waals surface area contributed by atoms with Crippen LogP contribution in [-0.2, 0) is 9.31 Å². The lowest BCUT2D eigenvalue weighted by molar-refractivity contribution is 0.00578. The molecule has 0 bridgehead atoms. The van der Waals surface area contributed by atoms with E-state index < -0.39 is 0 Å². The number of rotatable bonds is 3. The highest BCUT2D eigenvalue weighted by atomic mass is 16.7. The van der Waals surface area contributed by atoms with Crippen molar-refractivity contribution in [1.82, 2.24) is 4.90 Å². The van der Waals surface area contributed by atoms with Gasteiger partial charge in [-0.05, 0) is 58.8 Å². The summed E-state index contributed by atoms with van der Waals surface area (Å²) in [6.07, 6.45) is 1.36. The van der Waals surface area contributed by atoms with Gasteiger partial charge in [-0.15, -0.1) is 0 Å². The van der Waals surface area contributed by atoms with E-state index in [0.29, 0.717) is 0 Å². The lowest BCUT2D eigenvalue weighted by atomic mass is 9.79. The molecule has 4 nitrogen and oxygen atoms in total. The number of nitrogens with zero attached hydrogens (tertiary/aromatic N) is 1. The molecule has 0 radical (unpaired) electrons. The molecule has 2 saturated heterocycles. The van der Waals surface area contributed by atoms with Gasteiger partial charge in [0.2, 0.25) is 0 Å². The first-order valence-corrected chi connectivity index (χ1v) is 8.08. The molecule has 0 aliphatic carbocycles. The zero-order chi connectivity index (χ0) is 16.0. The van der Waals surface area contributed by atoms with Gasteiger partial charge in [0.1, 0.15) is 11.9 Å². The highest BCUT2D eigenvalue weighted by molar-refractivity contribution is 6.62. The van der Waals surface area contributed by atoms with Gasteiger partial charge in [-0.3, -0.25) is 0 Å². The second kappa shape index (κ2) is 5.55. The molecule has 2 heterocycles. The molecule has 0 N–H and O–H groups in total. The molecule has 2 fully saturated rings. The van der Waals surface area contributed by atoms with Crippen molar-refractivity contribution < 1.29 is 14.0 Å². The fourth-order valence-corrected chi connectivity index (χ4v) is 2.90. The van der Waals surface area contributed by atoms with E-state index in [-0.39, 0.29) is 24.4 Å².